The van der Waals surface area contributed by atoms with Crippen LogP contribution in [0, 0.1) is 11.7 Å². The summed E-state index contributed by atoms with van der Waals surface area (Å²) >= 11 is 6.87. The molecule has 5 nitrogen and oxygen atoms in total. The number of benzene rings is 1. The van der Waals surface area contributed by atoms with Gasteiger partial charge in [0.25, 0.3) is 0 Å². The number of aryl methyl sites for hydroxylation is 1. The van der Waals surface area contributed by atoms with Crippen LogP contribution in [-0.2, 0) is 11.3 Å². The maximum Gasteiger partial charge on any atom is 0.243 e. The van der Waals surface area contributed by atoms with Crippen LogP contribution in [0.1, 0.15) is 24.1 Å². The summed E-state index contributed by atoms with van der Waals surface area (Å²) in [5.41, 5.74) is 2.26. The summed E-state index contributed by atoms with van der Waals surface area (Å²) in [6, 6.07) is 11.6. The largest absolute Gasteiger partial charge is 0.350 e. The van der Waals surface area contributed by atoms with Crippen LogP contribution in [0.5, 0.6) is 0 Å². The molecule has 7 heteroatoms. The van der Waals surface area contributed by atoms with Crippen molar-refractivity contribution in [1.29, 1.82) is 0 Å². The van der Waals surface area contributed by atoms with E-state index in [9.17, 15) is 4.79 Å². The summed E-state index contributed by atoms with van der Waals surface area (Å²) < 4.78 is 2.20. The first-order valence-corrected chi connectivity index (χ1v) is 8.89. The molecular weight excluding hydrogens is 340 g/mol. The third kappa shape index (κ3) is 3.47. The van der Waals surface area contributed by atoms with E-state index in [1.165, 1.54) is 5.56 Å². The second-order valence-electron chi connectivity index (χ2n) is 5.58. The van der Waals surface area contributed by atoms with Crippen LogP contribution in [0.4, 0.5) is 0 Å². The van der Waals surface area contributed by atoms with E-state index in [2.05, 4.69) is 15.5 Å². The van der Waals surface area contributed by atoms with Gasteiger partial charge in [0.2, 0.25) is 5.91 Å². The summed E-state index contributed by atoms with van der Waals surface area (Å²) in [4.78, 5) is 13.5. The third-order valence-corrected chi connectivity index (χ3v) is 4.95. The van der Waals surface area contributed by atoms with Crippen LogP contribution in [0.15, 0.2) is 41.8 Å². The number of carbonyl (C=O) groups excluding carboxylic acids is 1. The smallest absolute Gasteiger partial charge is 0.243 e. The minimum atomic E-state index is -0.446. The van der Waals surface area contributed by atoms with E-state index in [0.29, 0.717) is 17.1 Å². The van der Waals surface area contributed by atoms with E-state index < -0.39 is 6.04 Å². The standard InChI is InChI=1S/C17H18N4OS2/c1-11-5-7-13(8-6-11)10-18-16(22)12(2)21-15(19-20-17(21)23)14-4-3-9-24-14/h3-9,12H,10H2,1-2H3,(H,18,22)(H,20,23)/t12-/m0/s1. The van der Waals surface area contributed by atoms with Gasteiger partial charge in [0.1, 0.15) is 6.04 Å². The molecule has 0 aliphatic rings. The van der Waals surface area contributed by atoms with Gasteiger partial charge in [-0.25, -0.2) is 0 Å². The number of thiophene rings is 1. The molecular formula is C17H18N4OS2. The van der Waals surface area contributed by atoms with Gasteiger partial charge in [0.15, 0.2) is 10.6 Å². The van der Waals surface area contributed by atoms with Crippen molar-refractivity contribution < 1.29 is 4.79 Å². The molecule has 24 heavy (non-hydrogen) atoms. The van der Waals surface area contributed by atoms with Gasteiger partial charge in [-0.3, -0.25) is 14.5 Å². The van der Waals surface area contributed by atoms with Gasteiger partial charge in [-0.2, -0.15) is 5.10 Å². The van der Waals surface area contributed by atoms with E-state index in [1.54, 1.807) is 15.9 Å². The Bertz CT molecular complexity index is 878. The minimum Gasteiger partial charge on any atom is -0.350 e. The van der Waals surface area contributed by atoms with Gasteiger partial charge < -0.3 is 5.32 Å². The molecule has 0 radical (unpaired) electrons. The first kappa shape index (κ1) is 16.6. The molecule has 2 aromatic heterocycles. The molecule has 0 saturated heterocycles. The summed E-state index contributed by atoms with van der Waals surface area (Å²) in [6.07, 6.45) is 0. The summed E-state index contributed by atoms with van der Waals surface area (Å²) in [5.74, 6) is 0.596. The van der Waals surface area contributed by atoms with Crippen molar-refractivity contribution in [3.63, 3.8) is 0 Å². The van der Waals surface area contributed by atoms with Crippen LogP contribution in [0.25, 0.3) is 10.7 Å². The molecule has 0 spiro atoms. The molecule has 1 amide bonds. The van der Waals surface area contributed by atoms with Crippen LogP contribution < -0.4 is 5.32 Å². The predicted molar refractivity (Wildman–Crippen MR) is 98.5 cm³/mol. The lowest BCUT2D eigenvalue weighted by Gasteiger charge is -2.15. The number of rotatable bonds is 5. The molecule has 0 aliphatic carbocycles. The molecule has 2 N–H and O–H groups in total. The predicted octanol–water partition coefficient (Wildman–Crippen LogP) is 3.86. The lowest BCUT2D eigenvalue weighted by atomic mass is 10.1. The summed E-state index contributed by atoms with van der Waals surface area (Å²) in [7, 11) is 0. The molecule has 0 bridgehead atoms. The monoisotopic (exact) mass is 358 g/mol. The van der Waals surface area contributed by atoms with Gasteiger partial charge in [0.05, 0.1) is 4.88 Å². The van der Waals surface area contributed by atoms with Crippen molar-refractivity contribution in [2.45, 2.75) is 26.4 Å². The maximum absolute atomic E-state index is 12.5. The number of hydrogen-bond acceptors (Lipinski definition) is 4. The van der Waals surface area contributed by atoms with E-state index in [-0.39, 0.29) is 5.91 Å². The Morgan fingerprint density at radius 3 is 2.79 bits per heavy atom. The second-order valence-corrected chi connectivity index (χ2v) is 6.91. The Kier molecular flexibility index (Phi) is 4.92. The molecule has 2 heterocycles. The zero-order valence-corrected chi connectivity index (χ0v) is 15.1. The SMILES string of the molecule is Cc1ccc(CNC(=O)[C@H](C)n2c(-c3cccs3)n[nH]c2=S)cc1. The van der Waals surface area contributed by atoms with Crippen LogP contribution in [-0.4, -0.2) is 20.7 Å². The average molecular weight is 358 g/mol. The molecule has 1 atom stereocenters. The molecule has 3 rings (SSSR count). The van der Waals surface area contributed by atoms with Gasteiger partial charge in [0, 0.05) is 6.54 Å². The number of hydrogen-bond donors (Lipinski definition) is 2. The summed E-state index contributed by atoms with van der Waals surface area (Å²) in [6.45, 7) is 4.35. The number of H-pyrrole nitrogens is 1. The lowest BCUT2D eigenvalue weighted by Crippen LogP contribution is -2.31. The van der Waals surface area contributed by atoms with E-state index in [1.807, 2.05) is 55.6 Å². The molecule has 3 aromatic rings. The number of aromatic amines is 1. The first-order chi connectivity index (χ1) is 11.6. The fraction of sp³-hybridized carbons (Fsp3) is 0.235. The normalized spacial score (nSPS) is 12.1. The fourth-order valence-corrected chi connectivity index (χ4v) is 3.40. The Hall–Kier alpha value is -2.25. The molecule has 0 saturated carbocycles. The van der Waals surface area contributed by atoms with Crippen LogP contribution in [0.2, 0.25) is 0 Å². The summed E-state index contributed by atoms with van der Waals surface area (Å²) in [5, 5.41) is 12.0. The Morgan fingerprint density at radius 1 is 1.38 bits per heavy atom. The molecule has 0 fully saturated rings. The van der Waals surface area contributed by atoms with Crippen molar-refractivity contribution in [2.75, 3.05) is 0 Å². The minimum absolute atomic E-state index is 0.0918. The van der Waals surface area contributed by atoms with Gasteiger partial charge in [-0.1, -0.05) is 35.9 Å². The Balaban J connectivity index is 1.75. The molecule has 124 valence electrons. The van der Waals surface area contributed by atoms with Crippen molar-refractivity contribution in [2.24, 2.45) is 0 Å². The maximum atomic E-state index is 12.5. The van der Waals surface area contributed by atoms with Crippen molar-refractivity contribution in [1.82, 2.24) is 20.1 Å². The highest BCUT2D eigenvalue weighted by Crippen LogP contribution is 2.25. The van der Waals surface area contributed by atoms with Gasteiger partial charge >= 0.3 is 0 Å². The van der Waals surface area contributed by atoms with Crippen molar-refractivity contribution >= 4 is 29.5 Å². The molecule has 0 aliphatic heterocycles. The lowest BCUT2D eigenvalue weighted by molar-refractivity contribution is -0.124. The molecule has 1 aromatic carbocycles. The number of amides is 1. The highest BCUT2D eigenvalue weighted by atomic mass is 32.1. The van der Waals surface area contributed by atoms with Gasteiger partial charge in [-0.15, -0.1) is 11.3 Å². The number of carbonyl (C=O) groups is 1. The van der Waals surface area contributed by atoms with Gasteiger partial charge in [-0.05, 0) is 43.1 Å². The third-order valence-electron chi connectivity index (χ3n) is 3.80. The zero-order chi connectivity index (χ0) is 17.1. The number of aromatic nitrogens is 3. The van der Waals surface area contributed by atoms with E-state index in [0.717, 1.165) is 10.4 Å². The zero-order valence-electron chi connectivity index (χ0n) is 13.4. The first-order valence-electron chi connectivity index (χ1n) is 7.60. The Morgan fingerprint density at radius 2 is 2.12 bits per heavy atom. The van der Waals surface area contributed by atoms with E-state index >= 15 is 0 Å². The van der Waals surface area contributed by atoms with Crippen molar-refractivity contribution in [3.8, 4) is 10.7 Å². The number of nitrogens with one attached hydrogen (secondary N) is 2. The van der Waals surface area contributed by atoms with Crippen LogP contribution >= 0.6 is 23.6 Å². The Labute approximate surface area is 149 Å². The average Bonchev–Trinajstić information content (AvgIpc) is 3.22. The highest BCUT2D eigenvalue weighted by molar-refractivity contribution is 7.71. The quantitative estimate of drug-likeness (QED) is 0.681. The van der Waals surface area contributed by atoms with Crippen LogP contribution in [0.3, 0.4) is 0 Å². The molecule has 0 unspecified atom stereocenters. The van der Waals surface area contributed by atoms with E-state index in [4.69, 9.17) is 12.2 Å². The number of nitrogens with zero attached hydrogens (tertiary/aromatic N) is 2. The topological polar surface area (TPSA) is 62.7 Å². The highest BCUT2D eigenvalue weighted by Gasteiger charge is 2.21. The van der Waals surface area contributed by atoms with Crippen molar-refractivity contribution in [3.05, 3.63) is 57.7 Å². The fourth-order valence-electron chi connectivity index (χ4n) is 2.40. The second kappa shape index (κ2) is 7.11.